The van der Waals surface area contributed by atoms with Crippen molar-refractivity contribution in [2.45, 2.75) is 13.5 Å². The summed E-state index contributed by atoms with van der Waals surface area (Å²) in [5.74, 6) is -1.28. The molecule has 0 aliphatic carbocycles. The highest BCUT2D eigenvalue weighted by atomic mass is 79.9. The molecule has 1 aromatic heterocycles. The number of carbonyl (C=O) groups is 1. The smallest absolute Gasteiger partial charge is 0.345 e. The minimum Gasteiger partial charge on any atom is -0.486 e. The molecule has 0 aliphatic heterocycles. The number of halogens is 2. The predicted octanol–water partition coefficient (Wildman–Crippen LogP) is 4.24. The fourth-order valence-electron chi connectivity index (χ4n) is 1.52. The van der Waals surface area contributed by atoms with E-state index in [1.165, 1.54) is 23.5 Å². The SMILES string of the molecule is Cc1sc(C(=O)O)cc1COc1ccc(Br)cc1F. The number of aromatic carboxylic acids is 1. The molecule has 0 spiro atoms. The summed E-state index contributed by atoms with van der Waals surface area (Å²) in [6.45, 7) is 1.96. The average molecular weight is 345 g/mol. The van der Waals surface area contributed by atoms with Gasteiger partial charge in [0.2, 0.25) is 0 Å². The Kier molecular flexibility index (Phi) is 4.21. The maximum atomic E-state index is 13.5. The number of carboxylic acids is 1. The van der Waals surface area contributed by atoms with E-state index in [2.05, 4.69) is 15.9 Å². The second-order valence-electron chi connectivity index (χ2n) is 3.86. The van der Waals surface area contributed by atoms with Crippen molar-refractivity contribution in [3.63, 3.8) is 0 Å². The maximum Gasteiger partial charge on any atom is 0.345 e. The van der Waals surface area contributed by atoms with E-state index < -0.39 is 11.8 Å². The third kappa shape index (κ3) is 3.33. The van der Waals surface area contributed by atoms with Gasteiger partial charge < -0.3 is 9.84 Å². The molecular weight excluding hydrogens is 335 g/mol. The standard InChI is InChI=1S/C13H10BrFO3S/c1-7-8(4-12(19-7)13(16)17)6-18-11-3-2-9(14)5-10(11)15/h2-5H,6H2,1H3,(H,16,17). The molecule has 0 radical (unpaired) electrons. The van der Waals surface area contributed by atoms with E-state index in [1.54, 1.807) is 12.1 Å². The normalized spacial score (nSPS) is 10.5. The highest BCUT2D eigenvalue weighted by molar-refractivity contribution is 9.10. The van der Waals surface area contributed by atoms with Crippen LogP contribution < -0.4 is 4.74 Å². The van der Waals surface area contributed by atoms with Gasteiger partial charge in [-0.3, -0.25) is 0 Å². The molecule has 0 amide bonds. The van der Waals surface area contributed by atoms with Crippen molar-refractivity contribution in [3.05, 3.63) is 49.9 Å². The van der Waals surface area contributed by atoms with Gasteiger partial charge in [-0.05, 0) is 31.2 Å². The number of ether oxygens (including phenoxy) is 1. The zero-order valence-electron chi connectivity index (χ0n) is 9.94. The average Bonchev–Trinajstić information content (AvgIpc) is 2.70. The summed E-state index contributed by atoms with van der Waals surface area (Å²) in [6, 6.07) is 6.08. The first-order valence-corrected chi connectivity index (χ1v) is 6.99. The summed E-state index contributed by atoms with van der Waals surface area (Å²) >= 11 is 4.35. The van der Waals surface area contributed by atoms with Crippen LogP contribution in [0.15, 0.2) is 28.7 Å². The molecule has 6 heteroatoms. The van der Waals surface area contributed by atoms with E-state index in [0.717, 1.165) is 10.4 Å². The largest absolute Gasteiger partial charge is 0.486 e. The van der Waals surface area contributed by atoms with Crippen LogP contribution in [0.1, 0.15) is 20.1 Å². The highest BCUT2D eigenvalue weighted by Crippen LogP contribution is 2.25. The first-order valence-electron chi connectivity index (χ1n) is 5.38. The zero-order chi connectivity index (χ0) is 14.0. The lowest BCUT2D eigenvalue weighted by molar-refractivity contribution is 0.0702. The summed E-state index contributed by atoms with van der Waals surface area (Å²) in [4.78, 5) is 11.9. The molecule has 0 fully saturated rings. The van der Waals surface area contributed by atoms with Crippen LogP contribution in [-0.2, 0) is 6.61 Å². The molecule has 2 rings (SSSR count). The van der Waals surface area contributed by atoms with Gasteiger partial charge in [0.05, 0.1) is 0 Å². The van der Waals surface area contributed by atoms with Crippen molar-refractivity contribution in [1.82, 2.24) is 0 Å². The molecule has 2 aromatic rings. The lowest BCUT2D eigenvalue weighted by Gasteiger charge is -2.07. The number of benzene rings is 1. The number of aryl methyl sites for hydroxylation is 1. The molecule has 100 valence electrons. The van der Waals surface area contributed by atoms with Crippen LogP contribution in [0.2, 0.25) is 0 Å². The Balaban J connectivity index is 2.12. The zero-order valence-corrected chi connectivity index (χ0v) is 12.3. The monoisotopic (exact) mass is 344 g/mol. The Hall–Kier alpha value is -1.40. The number of thiophene rings is 1. The van der Waals surface area contributed by atoms with Crippen molar-refractivity contribution in [2.24, 2.45) is 0 Å². The van der Waals surface area contributed by atoms with E-state index in [1.807, 2.05) is 6.92 Å². The quantitative estimate of drug-likeness (QED) is 0.902. The van der Waals surface area contributed by atoms with Crippen LogP contribution in [0, 0.1) is 12.7 Å². The summed E-state index contributed by atoms with van der Waals surface area (Å²) in [6.07, 6.45) is 0. The number of hydrogen-bond donors (Lipinski definition) is 1. The third-order valence-corrected chi connectivity index (χ3v) is 4.08. The van der Waals surface area contributed by atoms with Gasteiger partial charge in [-0.2, -0.15) is 0 Å². The van der Waals surface area contributed by atoms with Crippen molar-refractivity contribution >= 4 is 33.2 Å². The van der Waals surface area contributed by atoms with Gasteiger partial charge in [0.25, 0.3) is 0 Å². The molecule has 1 aromatic carbocycles. The van der Waals surface area contributed by atoms with E-state index in [0.29, 0.717) is 4.47 Å². The Morgan fingerprint density at radius 1 is 1.47 bits per heavy atom. The minimum atomic E-state index is -0.964. The van der Waals surface area contributed by atoms with E-state index in [4.69, 9.17) is 9.84 Å². The van der Waals surface area contributed by atoms with Crippen LogP contribution in [0.5, 0.6) is 5.75 Å². The van der Waals surface area contributed by atoms with Gasteiger partial charge >= 0.3 is 5.97 Å². The summed E-state index contributed by atoms with van der Waals surface area (Å²) in [5.41, 5.74) is 0.754. The molecule has 0 saturated heterocycles. The molecule has 0 saturated carbocycles. The predicted molar refractivity (Wildman–Crippen MR) is 74.4 cm³/mol. The summed E-state index contributed by atoms with van der Waals surface area (Å²) < 4.78 is 19.5. The molecule has 0 bridgehead atoms. The van der Waals surface area contributed by atoms with Crippen LogP contribution in [0.25, 0.3) is 0 Å². The maximum absolute atomic E-state index is 13.5. The fourth-order valence-corrected chi connectivity index (χ4v) is 2.72. The van der Waals surface area contributed by atoms with Gasteiger partial charge in [-0.25, -0.2) is 9.18 Å². The molecule has 0 unspecified atom stereocenters. The van der Waals surface area contributed by atoms with E-state index in [9.17, 15) is 9.18 Å². The van der Waals surface area contributed by atoms with Crippen LogP contribution in [-0.4, -0.2) is 11.1 Å². The van der Waals surface area contributed by atoms with Crippen molar-refractivity contribution < 1.29 is 19.0 Å². The van der Waals surface area contributed by atoms with Crippen LogP contribution in [0.3, 0.4) is 0 Å². The van der Waals surface area contributed by atoms with Gasteiger partial charge in [0.15, 0.2) is 11.6 Å². The second-order valence-corrected chi connectivity index (χ2v) is 6.03. The first kappa shape index (κ1) is 14.0. The first-order chi connectivity index (χ1) is 8.97. The third-order valence-electron chi connectivity index (χ3n) is 2.51. The van der Waals surface area contributed by atoms with E-state index in [-0.39, 0.29) is 17.2 Å². The van der Waals surface area contributed by atoms with Gasteiger partial charge in [0.1, 0.15) is 11.5 Å². The lowest BCUT2D eigenvalue weighted by atomic mass is 10.2. The van der Waals surface area contributed by atoms with Crippen molar-refractivity contribution in [3.8, 4) is 5.75 Å². The number of rotatable bonds is 4. The second kappa shape index (κ2) is 5.71. The molecule has 19 heavy (non-hydrogen) atoms. The number of carboxylic acid groups (broad SMARTS) is 1. The minimum absolute atomic E-state index is 0.144. The lowest BCUT2D eigenvalue weighted by Crippen LogP contribution is -1.98. The fraction of sp³-hybridized carbons (Fsp3) is 0.154. The van der Waals surface area contributed by atoms with Gasteiger partial charge in [-0.15, -0.1) is 11.3 Å². The summed E-state index contributed by atoms with van der Waals surface area (Å²) in [7, 11) is 0. The van der Waals surface area contributed by atoms with Crippen molar-refractivity contribution in [2.75, 3.05) is 0 Å². The van der Waals surface area contributed by atoms with Crippen LogP contribution >= 0.6 is 27.3 Å². The Labute approximate surface area is 121 Å². The van der Waals surface area contributed by atoms with Gasteiger partial charge in [-0.1, -0.05) is 15.9 Å². The number of hydrogen-bond acceptors (Lipinski definition) is 3. The molecule has 0 atom stereocenters. The molecule has 1 heterocycles. The molecule has 0 aliphatic rings. The van der Waals surface area contributed by atoms with E-state index >= 15 is 0 Å². The topological polar surface area (TPSA) is 46.5 Å². The molecule has 3 nitrogen and oxygen atoms in total. The highest BCUT2D eigenvalue weighted by Gasteiger charge is 2.12. The molecule has 1 N–H and O–H groups in total. The Morgan fingerprint density at radius 2 is 2.21 bits per heavy atom. The molecular formula is C13H10BrFO3S. The summed E-state index contributed by atoms with van der Waals surface area (Å²) in [5, 5.41) is 8.89. The Morgan fingerprint density at radius 3 is 2.79 bits per heavy atom. The van der Waals surface area contributed by atoms with Crippen molar-refractivity contribution in [1.29, 1.82) is 0 Å². The van der Waals surface area contributed by atoms with Gasteiger partial charge in [0, 0.05) is 14.9 Å². The van der Waals surface area contributed by atoms with Crippen LogP contribution in [0.4, 0.5) is 4.39 Å². The Bertz CT molecular complexity index is 624.